The molecule has 1 aromatic heterocycles. The Hall–Kier alpha value is -1.44. The second-order valence-electron chi connectivity index (χ2n) is 3.66. The fraction of sp³-hybridized carbons (Fsp3) is 0.0833. The molecule has 0 radical (unpaired) electrons. The number of ether oxygens (including phenoxy) is 1. The molecule has 104 valence electrons. The Morgan fingerprint density at radius 3 is 2.75 bits per heavy atom. The number of hydrogen-bond acceptors (Lipinski definition) is 5. The van der Waals surface area contributed by atoms with Gasteiger partial charge in [0.1, 0.15) is 0 Å². The summed E-state index contributed by atoms with van der Waals surface area (Å²) >= 11 is 10.0. The van der Waals surface area contributed by atoms with Gasteiger partial charge < -0.3 is 4.74 Å². The zero-order valence-electron chi connectivity index (χ0n) is 9.84. The van der Waals surface area contributed by atoms with E-state index in [4.69, 9.17) is 16.3 Å². The number of carbonyl (C=O) groups is 1. The number of hydrogen-bond donors (Lipinski definition) is 0. The van der Waals surface area contributed by atoms with E-state index in [-0.39, 0.29) is 23.8 Å². The van der Waals surface area contributed by atoms with Crippen molar-refractivity contribution in [3.05, 3.63) is 54.1 Å². The average Bonchev–Trinajstić information content (AvgIpc) is 2.83. The van der Waals surface area contributed by atoms with Gasteiger partial charge >= 0.3 is 5.69 Å². The summed E-state index contributed by atoms with van der Waals surface area (Å²) in [5.41, 5.74) is -0.198. The molecule has 1 aromatic carbocycles. The van der Waals surface area contributed by atoms with E-state index in [1.165, 1.54) is 12.1 Å². The van der Waals surface area contributed by atoms with E-state index in [9.17, 15) is 14.9 Å². The lowest BCUT2D eigenvalue weighted by atomic mass is 10.3. The molecular weight excluding hydrogens is 370 g/mol. The predicted molar refractivity (Wildman–Crippen MR) is 80.0 cm³/mol. The monoisotopic (exact) mass is 375 g/mol. The van der Waals surface area contributed by atoms with Crippen LogP contribution in [0.3, 0.4) is 0 Å². The van der Waals surface area contributed by atoms with Gasteiger partial charge in [0.25, 0.3) is 0 Å². The van der Waals surface area contributed by atoms with Gasteiger partial charge in [0.15, 0.2) is 6.61 Å². The molecule has 0 aliphatic rings. The van der Waals surface area contributed by atoms with Gasteiger partial charge in [-0.15, -0.1) is 11.3 Å². The van der Waals surface area contributed by atoms with Crippen molar-refractivity contribution in [3.63, 3.8) is 0 Å². The maximum absolute atomic E-state index is 11.9. The normalized spacial score (nSPS) is 10.3. The summed E-state index contributed by atoms with van der Waals surface area (Å²) in [5, 5.41) is 10.9. The molecule has 0 fully saturated rings. The number of para-hydroxylation sites is 1. The largest absolute Gasteiger partial charge is 0.478 e. The van der Waals surface area contributed by atoms with E-state index in [0.29, 0.717) is 13.7 Å². The van der Waals surface area contributed by atoms with Crippen molar-refractivity contribution in [3.8, 4) is 5.75 Å². The van der Waals surface area contributed by atoms with Gasteiger partial charge in [-0.1, -0.05) is 17.7 Å². The lowest BCUT2D eigenvalue weighted by Gasteiger charge is -2.07. The van der Waals surface area contributed by atoms with Crippen LogP contribution in [0.1, 0.15) is 9.67 Å². The van der Waals surface area contributed by atoms with Crippen molar-refractivity contribution in [2.75, 3.05) is 6.61 Å². The van der Waals surface area contributed by atoms with Gasteiger partial charge in [-0.05, 0) is 34.1 Å². The average molecular weight is 377 g/mol. The van der Waals surface area contributed by atoms with Crippen molar-refractivity contribution < 1.29 is 14.5 Å². The topological polar surface area (TPSA) is 69.4 Å². The lowest BCUT2D eigenvalue weighted by Crippen LogP contribution is -2.11. The molecule has 0 atom stereocenters. The second-order valence-corrected chi connectivity index (χ2v) is 6.23. The SMILES string of the molecule is O=C(COc1c(Br)cccc1[N+](=O)[O-])c1ccc(Cl)s1. The highest BCUT2D eigenvalue weighted by Crippen LogP contribution is 2.34. The van der Waals surface area contributed by atoms with Crippen molar-refractivity contribution in [1.82, 2.24) is 0 Å². The van der Waals surface area contributed by atoms with E-state index in [2.05, 4.69) is 15.9 Å². The summed E-state index contributed by atoms with van der Waals surface area (Å²) in [4.78, 5) is 22.6. The van der Waals surface area contributed by atoms with Gasteiger partial charge in [0.2, 0.25) is 11.5 Å². The highest BCUT2D eigenvalue weighted by Gasteiger charge is 2.19. The minimum Gasteiger partial charge on any atom is -0.478 e. The number of nitro benzene ring substituents is 1. The molecule has 0 aliphatic carbocycles. The summed E-state index contributed by atoms with van der Waals surface area (Å²) in [6.07, 6.45) is 0. The van der Waals surface area contributed by atoms with E-state index in [0.717, 1.165) is 11.3 Å². The molecule has 8 heteroatoms. The van der Waals surface area contributed by atoms with Gasteiger partial charge in [0.05, 0.1) is 18.6 Å². The number of rotatable bonds is 5. The first-order chi connectivity index (χ1) is 9.49. The Balaban J connectivity index is 2.15. The lowest BCUT2D eigenvalue weighted by molar-refractivity contribution is -0.385. The highest BCUT2D eigenvalue weighted by atomic mass is 79.9. The van der Waals surface area contributed by atoms with E-state index < -0.39 is 4.92 Å². The Kier molecular flexibility index (Phi) is 4.74. The van der Waals surface area contributed by atoms with Crippen LogP contribution in [0.25, 0.3) is 0 Å². The fourth-order valence-electron chi connectivity index (χ4n) is 1.46. The van der Waals surface area contributed by atoms with Crippen molar-refractivity contribution >= 4 is 50.3 Å². The molecule has 5 nitrogen and oxygen atoms in total. The molecule has 0 bridgehead atoms. The molecule has 0 N–H and O–H groups in total. The van der Waals surface area contributed by atoms with E-state index in [1.807, 2.05) is 0 Å². The van der Waals surface area contributed by atoms with Crippen molar-refractivity contribution in [1.29, 1.82) is 0 Å². The van der Waals surface area contributed by atoms with Crippen LogP contribution in [0.2, 0.25) is 4.34 Å². The molecule has 2 rings (SSSR count). The molecule has 0 saturated heterocycles. The highest BCUT2D eigenvalue weighted by molar-refractivity contribution is 9.10. The molecule has 0 spiro atoms. The van der Waals surface area contributed by atoms with Crippen molar-refractivity contribution in [2.24, 2.45) is 0 Å². The quantitative estimate of drug-likeness (QED) is 0.442. The number of halogens is 2. The van der Waals surface area contributed by atoms with Crippen molar-refractivity contribution in [2.45, 2.75) is 0 Å². The maximum Gasteiger partial charge on any atom is 0.312 e. The van der Waals surface area contributed by atoms with Gasteiger partial charge in [-0.25, -0.2) is 0 Å². The zero-order valence-corrected chi connectivity index (χ0v) is 13.0. The third-order valence-corrected chi connectivity index (χ3v) is 4.24. The third kappa shape index (κ3) is 3.36. The van der Waals surface area contributed by atoms with E-state index in [1.54, 1.807) is 18.2 Å². The van der Waals surface area contributed by atoms with Gasteiger partial charge in [0, 0.05) is 6.07 Å². The number of thiophene rings is 1. The first kappa shape index (κ1) is 15.0. The van der Waals surface area contributed by atoms with Gasteiger partial charge in [-0.2, -0.15) is 0 Å². The first-order valence-corrected chi connectivity index (χ1v) is 7.32. The van der Waals surface area contributed by atoms with Crippen LogP contribution >= 0.6 is 38.9 Å². The summed E-state index contributed by atoms with van der Waals surface area (Å²) in [7, 11) is 0. The number of nitrogens with zero attached hydrogens (tertiary/aromatic N) is 1. The molecule has 0 saturated carbocycles. The number of nitro groups is 1. The van der Waals surface area contributed by atoms with Crippen LogP contribution in [0.5, 0.6) is 5.75 Å². The summed E-state index contributed by atoms with van der Waals surface area (Å²) < 4.78 is 6.20. The smallest absolute Gasteiger partial charge is 0.312 e. The Labute approximate surface area is 131 Å². The maximum atomic E-state index is 11.9. The van der Waals surface area contributed by atoms with Gasteiger partial charge in [-0.3, -0.25) is 14.9 Å². The third-order valence-electron chi connectivity index (χ3n) is 2.34. The Bertz CT molecular complexity index is 673. The number of ketones is 1. The summed E-state index contributed by atoms with van der Waals surface area (Å²) in [5.74, 6) is -0.250. The molecule has 0 aliphatic heterocycles. The summed E-state index contributed by atoms with van der Waals surface area (Å²) in [6.45, 7) is -0.291. The Morgan fingerprint density at radius 2 is 2.15 bits per heavy atom. The van der Waals surface area contributed by atoms with Crippen LogP contribution in [-0.4, -0.2) is 17.3 Å². The second kappa shape index (κ2) is 6.34. The Morgan fingerprint density at radius 1 is 1.40 bits per heavy atom. The summed E-state index contributed by atoms with van der Waals surface area (Å²) in [6, 6.07) is 7.64. The molecule has 20 heavy (non-hydrogen) atoms. The fourth-order valence-corrected chi connectivity index (χ4v) is 2.89. The molecule has 0 unspecified atom stereocenters. The number of benzene rings is 1. The van der Waals surface area contributed by atoms with Crippen LogP contribution in [0, 0.1) is 10.1 Å². The van der Waals surface area contributed by atoms with Crippen LogP contribution in [0.15, 0.2) is 34.8 Å². The van der Waals surface area contributed by atoms with Crippen LogP contribution < -0.4 is 4.74 Å². The zero-order chi connectivity index (χ0) is 14.7. The standard InChI is InChI=1S/C12H7BrClNO4S/c13-7-2-1-3-8(15(17)18)12(7)19-6-9(16)10-4-5-11(14)20-10/h1-5H,6H2. The molecule has 2 aromatic rings. The molecular formula is C12H7BrClNO4S. The minimum atomic E-state index is -0.563. The van der Waals surface area contributed by atoms with Crippen LogP contribution in [-0.2, 0) is 0 Å². The first-order valence-electron chi connectivity index (χ1n) is 5.33. The van der Waals surface area contributed by atoms with E-state index >= 15 is 0 Å². The number of Topliss-reactive ketones (excluding diaryl/α,β-unsaturated/α-hetero) is 1. The minimum absolute atomic E-state index is 0.0357. The molecule has 0 amide bonds. The molecule has 1 heterocycles. The number of carbonyl (C=O) groups excluding carboxylic acids is 1. The predicted octanol–water partition coefficient (Wildman–Crippen LogP) is 4.33. The van der Waals surface area contributed by atoms with Crippen LogP contribution in [0.4, 0.5) is 5.69 Å².